The molecule has 1 aliphatic rings. The van der Waals surface area contributed by atoms with Crippen LogP contribution in [-0.2, 0) is 4.74 Å². The molecule has 3 N–H and O–H groups in total. The van der Waals surface area contributed by atoms with Crippen LogP contribution in [0, 0.1) is 5.41 Å². The third-order valence-electron chi connectivity index (χ3n) is 3.55. The highest BCUT2D eigenvalue weighted by molar-refractivity contribution is 5.95. The van der Waals surface area contributed by atoms with Crippen molar-refractivity contribution in [1.29, 1.82) is 5.41 Å². The second kappa shape index (κ2) is 7.35. The summed E-state index contributed by atoms with van der Waals surface area (Å²) in [5, 5.41) is 20.9. The molecule has 6 heteroatoms. The van der Waals surface area contributed by atoms with Gasteiger partial charge >= 0.3 is 0 Å². The van der Waals surface area contributed by atoms with Crippen LogP contribution in [0.2, 0.25) is 0 Å². The Morgan fingerprint density at radius 3 is 2.73 bits per heavy atom. The normalized spacial score (nSPS) is 16.8. The van der Waals surface area contributed by atoms with Crippen molar-refractivity contribution in [2.75, 3.05) is 18.5 Å². The molecular weight excluding hydrogens is 280 g/mol. The smallest absolute Gasteiger partial charge is 0.223 e. The molecule has 0 saturated carbocycles. The Morgan fingerprint density at radius 2 is 2.14 bits per heavy atom. The molecule has 1 aromatic rings. The van der Waals surface area contributed by atoms with Crippen LogP contribution in [0.3, 0.4) is 0 Å². The van der Waals surface area contributed by atoms with Crippen LogP contribution in [0.4, 0.5) is 5.95 Å². The molecule has 1 aromatic heterocycles. The lowest BCUT2D eigenvalue weighted by molar-refractivity contribution is 0.0903. The number of rotatable bonds is 5. The first-order valence-electron chi connectivity index (χ1n) is 7.64. The molecule has 120 valence electrons. The molecule has 0 amide bonds. The number of allylic oxidation sites excluding steroid dienone is 1. The molecule has 2 rings (SSSR count). The predicted molar refractivity (Wildman–Crippen MR) is 87.6 cm³/mol. The van der Waals surface area contributed by atoms with Gasteiger partial charge in [-0.2, -0.15) is 0 Å². The zero-order chi connectivity index (χ0) is 16.1. The Labute approximate surface area is 131 Å². The van der Waals surface area contributed by atoms with Crippen molar-refractivity contribution in [3.63, 3.8) is 0 Å². The minimum atomic E-state index is 0.0359. The molecule has 0 atom stereocenters. The molecular formula is C16H24N4O2. The van der Waals surface area contributed by atoms with E-state index < -0.39 is 0 Å². The van der Waals surface area contributed by atoms with Crippen LogP contribution < -0.4 is 5.32 Å². The Bertz CT molecular complexity index is 563. The highest BCUT2D eigenvalue weighted by Gasteiger charge is 2.18. The van der Waals surface area contributed by atoms with Gasteiger partial charge in [0.15, 0.2) is 0 Å². The lowest BCUT2D eigenvalue weighted by Crippen LogP contribution is -2.28. The SMILES string of the molecule is CC(=N)/C=C(\O)c1cnc(NC2CCOCC2)nc1C(C)C. The van der Waals surface area contributed by atoms with E-state index in [0.717, 1.165) is 31.7 Å². The van der Waals surface area contributed by atoms with Crippen molar-refractivity contribution in [2.24, 2.45) is 0 Å². The maximum absolute atomic E-state index is 10.1. The Morgan fingerprint density at radius 1 is 1.45 bits per heavy atom. The number of hydrogen-bond donors (Lipinski definition) is 3. The van der Waals surface area contributed by atoms with Crippen LogP contribution in [0.25, 0.3) is 5.76 Å². The van der Waals surface area contributed by atoms with Gasteiger partial charge in [0.2, 0.25) is 5.95 Å². The average molecular weight is 304 g/mol. The van der Waals surface area contributed by atoms with Crippen molar-refractivity contribution < 1.29 is 9.84 Å². The summed E-state index contributed by atoms with van der Waals surface area (Å²) in [5.74, 6) is 0.766. The standard InChI is InChI=1S/C16H24N4O2/c1-10(2)15-13(14(21)8-11(3)17)9-18-16(20-15)19-12-4-6-22-7-5-12/h8-10,12,17,21H,4-7H2,1-3H3,(H,18,19,20)/b14-8-,17-11?. The Kier molecular flexibility index (Phi) is 5.49. The van der Waals surface area contributed by atoms with Crippen LogP contribution in [0.5, 0.6) is 0 Å². The van der Waals surface area contributed by atoms with Gasteiger partial charge in [-0.3, -0.25) is 0 Å². The van der Waals surface area contributed by atoms with E-state index in [1.807, 2.05) is 13.8 Å². The third kappa shape index (κ3) is 4.27. The summed E-state index contributed by atoms with van der Waals surface area (Å²) < 4.78 is 5.35. The van der Waals surface area contributed by atoms with Crippen LogP contribution in [0.1, 0.15) is 50.8 Å². The van der Waals surface area contributed by atoms with Crippen LogP contribution in [-0.4, -0.2) is 40.0 Å². The summed E-state index contributed by atoms with van der Waals surface area (Å²) in [6.07, 6.45) is 4.93. The van der Waals surface area contributed by atoms with Crippen molar-refractivity contribution in [3.8, 4) is 0 Å². The number of hydrogen-bond acceptors (Lipinski definition) is 6. The highest BCUT2D eigenvalue weighted by atomic mass is 16.5. The minimum Gasteiger partial charge on any atom is -0.507 e. The Hall–Kier alpha value is -1.95. The number of ether oxygens (including phenoxy) is 1. The summed E-state index contributed by atoms with van der Waals surface area (Å²) >= 11 is 0. The topological polar surface area (TPSA) is 91.1 Å². The largest absolute Gasteiger partial charge is 0.507 e. The number of anilines is 1. The van der Waals surface area contributed by atoms with E-state index in [-0.39, 0.29) is 17.4 Å². The maximum Gasteiger partial charge on any atom is 0.223 e. The average Bonchev–Trinajstić information content (AvgIpc) is 2.47. The number of aliphatic hydroxyl groups excluding tert-OH is 1. The summed E-state index contributed by atoms with van der Waals surface area (Å²) in [6, 6.07) is 0.326. The highest BCUT2D eigenvalue weighted by Crippen LogP contribution is 2.24. The van der Waals surface area contributed by atoms with E-state index >= 15 is 0 Å². The van der Waals surface area contributed by atoms with Crippen molar-refractivity contribution in [1.82, 2.24) is 9.97 Å². The van der Waals surface area contributed by atoms with Gasteiger partial charge in [0.05, 0.1) is 11.3 Å². The van der Waals surface area contributed by atoms with Crippen LogP contribution in [0.15, 0.2) is 12.3 Å². The first kappa shape index (κ1) is 16.4. The van der Waals surface area contributed by atoms with Gasteiger partial charge in [0, 0.05) is 37.2 Å². The molecule has 1 fully saturated rings. The molecule has 0 radical (unpaired) electrons. The van der Waals surface area contributed by atoms with Crippen LogP contribution >= 0.6 is 0 Å². The predicted octanol–water partition coefficient (Wildman–Crippen LogP) is 3.13. The van der Waals surface area contributed by atoms with Gasteiger partial charge in [0.1, 0.15) is 5.76 Å². The van der Waals surface area contributed by atoms with E-state index in [9.17, 15) is 5.11 Å². The molecule has 1 saturated heterocycles. The van der Waals surface area contributed by atoms with Crippen molar-refractivity contribution >= 4 is 17.4 Å². The van der Waals surface area contributed by atoms with E-state index in [1.54, 1.807) is 13.1 Å². The fourth-order valence-corrected chi connectivity index (χ4v) is 2.41. The maximum atomic E-state index is 10.1. The first-order valence-corrected chi connectivity index (χ1v) is 7.64. The van der Waals surface area contributed by atoms with Gasteiger partial charge in [-0.15, -0.1) is 0 Å². The summed E-state index contributed by atoms with van der Waals surface area (Å²) in [4.78, 5) is 8.87. The van der Waals surface area contributed by atoms with E-state index in [4.69, 9.17) is 10.1 Å². The number of nitrogens with zero attached hydrogens (tertiary/aromatic N) is 2. The van der Waals surface area contributed by atoms with Gasteiger partial charge < -0.3 is 20.6 Å². The second-order valence-electron chi connectivity index (χ2n) is 5.89. The third-order valence-corrected chi connectivity index (χ3v) is 3.55. The molecule has 6 nitrogen and oxygen atoms in total. The first-order chi connectivity index (χ1) is 10.5. The molecule has 0 unspecified atom stereocenters. The lowest BCUT2D eigenvalue weighted by atomic mass is 10.0. The molecule has 1 aliphatic heterocycles. The summed E-state index contributed by atoms with van der Waals surface area (Å²) in [6.45, 7) is 7.18. The fraction of sp³-hybridized carbons (Fsp3) is 0.562. The summed E-state index contributed by atoms with van der Waals surface area (Å²) in [5.41, 5.74) is 1.65. The quantitative estimate of drug-likeness (QED) is 0.574. The number of aromatic nitrogens is 2. The summed E-state index contributed by atoms with van der Waals surface area (Å²) in [7, 11) is 0. The number of aliphatic hydroxyl groups is 1. The second-order valence-corrected chi connectivity index (χ2v) is 5.89. The van der Waals surface area contributed by atoms with Crippen molar-refractivity contribution in [2.45, 2.75) is 45.6 Å². The van der Waals surface area contributed by atoms with Gasteiger partial charge in [0.25, 0.3) is 0 Å². The molecule has 22 heavy (non-hydrogen) atoms. The number of nitrogens with one attached hydrogen (secondary N) is 2. The monoisotopic (exact) mass is 304 g/mol. The van der Waals surface area contributed by atoms with E-state index in [1.165, 1.54) is 6.08 Å². The Balaban J connectivity index is 2.24. The lowest BCUT2D eigenvalue weighted by Gasteiger charge is -2.23. The zero-order valence-electron chi connectivity index (χ0n) is 13.4. The fourth-order valence-electron chi connectivity index (χ4n) is 2.41. The molecule has 0 spiro atoms. The van der Waals surface area contributed by atoms with Gasteiger partial charge in [-0.1, -0.05) is 13.8 Å². The molecule has 0 aromatic carbocycles. The van der Waals surface area contributed by atoms with Crippen molar-refractivity contribution in [3.05, 3.63) is 23.5 Å². The molecule has 0 bridgehead atoms. The van der Waals surface area contributed by atoms with Gasteiger partial charge in [-0.25, -0.2) is 9.97 Å². The van der Waals surface area contributed by atoms with Gasteiger partial charge in [-0.05, 0) is 25.7 Å². The van der Waals surface area contributed by atoms with E-state index in [0.29, 0.717) is 17.6 Å². The zero-order valence-corrected chi connectivity index (χ0v) is 13.4. The molecule has 2 heterocycles. The minimum absolute atomic E-state index is 0.0359. The van der Waals surface area contributed by atoms with E-state index in [2.05, 4.69) is 15.3 Å². The molecule has 0 aliphatic carbocycles.